The second-order valence-corrected chi connectivity index (χ2v) is 7.33. The number of hydrogen-bond donors (Lipinski definition) is 1. The minimum Gasteiger partial charge on any atom is -0.497 e. The van der Waals surface area contributed by atoms with Crippen molar-refractivity contribution >= 4 is 22.5 Å². The van der Waals surface area contributed by atoms with Crippen LogP contribution in [0.15, 0.2) is 66.7 Å². The molecule has 5 heteroatoms. The molecular weight excluding hydrogens is 362 g/mol. The molecule has 1 aromatic heterocycles. The van der Waals surface area contributed by atoms with E-state index >= 15 is 0 Å². The Bertz CT molecular complexity index is 1220. The van der Waals surface area contributed by atoms with Crippen molar-refractivity contribution in [3.05, 3.63) is 83.6 Å². The minimum atomic E-state index is -0.0307. The topological polar surface area (TPSA) is 56.1 Å². The molecular formula is C24H21N3O2. The van der Waals surface area contributed by atoms with Crippen molar-refractivity contribution < 1.29 is 9.53 Å². The Hall–Kier alpha value is -3.60. The summed E-state index contributed by atoms with van der Waals surface area (Å²) < 4.78 is 7.08. The van der Waals surface area contributed by atoms with Crippen LogP contribution in [0.25, 0.3) is 16.5 Å². The highest BCUT2D eigenvalue weighted by Crippen LogP contribution is 2.42. The first kappa shape index (κ1) is 17.5. The summed E-state index contributed by atoms with van der Waals surface area (Å²) in [7, 11) is 1.64. The monoisotopic (exact) mass is 383 g/mol. The fourth-order valence-corrected chi connectivity index (χ4v) is 4.28. The lowest BCUT2D eigenvalue weighted by Crippen LogP contribution is -2.25. The van der Waals surface area contributed by atoms with Crippen LogP contribution in [0.2, 0.25) is 0 Å². The molecule has 0 bridgehead atoms. The van der Waals surface area contributed by atoms with E-state index in [1.54, 1.807) is 7.11 Å². The number of anilines is 1. The molecule has 5 nitrogen and oxygen atoms in total. The number of methoxy groups -OCH3 is 1. The van der Waals surface area contributed by atoms with Gasteiger partial charge in [-0.2, -0.15) is 5.10 Å². The van der Waals surface area contributed by atoms with E-state index < -0.39 is 0 Å². The fourth-order valence-electron chi connectivity index (χ4n) is 4.28. The molecule has 144 valence electrons. The van der Waals surface area contributed by atoms with Gasteiger partial charge in [-0.05, 0) is 47.5 Å². The van der Waals surface area contributed by atoms with E-state index in [4.69, 9.17) is 9.84 Å². The molecule has 0 spiro atoms. The normalized spacial score (nSPS) is 15.8. The molecule has 0 saturated carbocycles. The van der Waals surface area contributed by atoms with Crippen molar-refractivity contribution in [2.24, 2.45) is 0 Å². The van der Waals surface area contributed by atoms with E-state index in [9.17, 15) is 4.79 Å². The highest BCUT2D eigenvalue weighted by molar-refractivity contribution is 5.96. The zero-order chi connectivity index (χ0) is 20.0. The van der Waals surface area contributed by atoms with Crippen molar-refractivity contribution in [1.29, 1.82) is 0 Å². The maximum atomic E-state index is 12.7. The van der Waals surface area contributed by atoms with E-state index in [-0.39, 0.29) is 11.8 Å². The molecule has 1 aliphatic heterocycles. The van der Waals surface area contributed by atoms with E-state index in [0.717, 1.165) is 34.1 Å². The maximum Gasteiger partial charge on any atom is 0.226 e. The Morgan fingerprint density at radius 1 is 1.03 bits per heavy atom. The summed E-state index contributed by atoms with van der Waals surface area (Å²) in [6.45, 7) is 2.01. The molecule has 1 unspecified atom stereocenters. The third-order valence-corrected chi connectivity index (χ3v) is 5.62. The van der Waals surface area contributed by atoms with Gasteiger partial charge in [-0.3, -0.25) is 4.79 Å². The van der Waals surface area contributed by atoms with Crippen LogP contribution in [0.3, 0.4) is 0 Å². The highest BCUT2D eigenvalue weighted by atomic mass is 16.5. The summed E-state index contributed by atoms with van der Waals surface area (Å²) >= 11 is 0. The smallest absolute Gasteiger partial charge is 0.226 e. The number of aromatic nitrogens is 2. The van der Waals surface area contributed by atoms with E-state index in [2.05, 4.69) is 35.6 Å². The van der Waals surface area contributed by atoms with Crippen LogP contribution in [0, 0.1) is 6.92 Å². The standard InChI is InChI=1S/C24H21N3O2/c1-15-23-21(20-9-5-7-16-6-3-4-8-19(16)20)14-22(28)25-24(23)27(26-15)17-10-12-18(29-2)13-11-17/h3-13,21H,14H2,1-2H3,(H,25,28). The van der Waals surface area contributed by atoms with Crippen LogP contribution >= 0.6 is 0 Å². The van der Waals surface area contributed by atoms with Gasteiger partial charge >= 0.3 is 0 Å². The second-order valence-electron chi connectivity index (χ2n) is 7.33. The van der Waals surface area contributed by atoms with E-state index in [0.29, 0.717) is 6.42 Å². The molecule has 0 fully saturated rings. The molecule has 1 aliphatic rings. The van der Waals surface area contributed by atoms with Gasteiger partial charge in [-0.1, -0.05) is 42.5 Å². The lowest BCUT2D eigenvalue weighted by molar-refractivity contribution is -0.116. The number of amides is 1. The van der Waals surface area contributed by atoms with Crippen molar-refractivity contribution in [3.63, 3.8) is 0 Å². The Morgan fingerprint density at radius 3 is 2.59 bits per heavy atom. The predicted molar refractivity (Wildman–Crippen MR) is 114 cm³/mol. The third kappa shape index (κ3) is 2.86. The summed E-state index contributed by atoms with van der Waals surface area (Å²) in [6.07, 6.45) is 0.413. The average molecular weight is 383 g/mol. The van der Waals surface area contributed by atoms with Gasteiger partial charge in [0.25, 0.3) is 0 Å². The molecule has 1 atom stereocenters. The van der Waals surface area contributed by atoms with Gasteiger partial charge in [0.05, 0.1) is 18.5 Å². The Balaban J connectivity index is 1.69. The van der Waals surface area contributed by atoms with Crippen LogP contribution in [-0.2, 0) is 4.79 Å². The van der Waals surface area contributed by atoms with Gasteiger partial charge in [-0.25, -0.2) is 4.68 Å². The maximum absolute atomic E-state index is 12.7. The van der Waals surface area contributed by atoms with Crippen molar-refractivity contribution in [2.75, 3.05) is 12.4 Å². The zero-order valence-electron chi connectivity index (χ0n) is 16.3. The van der Waals surface area contributed by atoms with Gasteiger partial charge in [0.2, 0.25) is 5.91 Å². The SMILES string of the molecule is COc1ccc(-n2nc(C)c3c2NC(=O)CC3c2cccc3ccccc23)cc1. The Labute approximate surface area is 168 Å². The van der Waals surface area contributed by atoms with Gasteiger partial charge in [-0.15, -0.1) is 0 Å². The van der Waals surface area contributed by atoms with Gasteiger partial charge in [0.1, 0.15) is 11.6 Å². The van der Waals surface area contributed by atoms with Crippen LogP contribution in [0.5, 0.6) is 5.75 Å². The Morgan fingerprint density at radius 2 is 1.79 bits per heavy atom. The third-order valence-electron chi connectivity index (χ3n) is 5.62. The predicted octanol–water partition coefficient (Wildman–Crippen LogP) is 4.82. The van der Waals surface area contributed by atoms with Gasteiger partial charge < -0.3 is 10.1 Å². The fraction of sp³-hybridized carbons (Fsp3) is 0.167. The molecule has 4 aromatic rings. The molecule has 0 saturated heterocycles. The number of carbonyl (C=O) groups excluding carboxylic acids is 1. The largest absolute Gasteiger partial charge is 0.497 e. The molecule has 3 aromatic carbocycles. The highest BCUT2D eigenvalue weighted by Gasteiger charge is 2.33. The lowest BCUT2D eigenvalue weighted by Gasteiger charge is -2.25. The first-order valence-corrected chi connectivity index (χ1v) is 9.67. The number of benzene rings is 3. The number of ether oxygens (including phenoxy) is 1. The van der Waals surface area contributed by atoms with E-state index in [1.165, 1.54) is 10.8 Å². The molecule has 2 heterocycles. The lowest BCUT2D eigenvalue weighted by atomic mass is 9.83. The molecule has 1 N–H and O–H groups in total. The van der Waals surface area contributed by atoms with Crippen LogP contribution in [0.4, 0.5) is 5.82 Å². The zero-order valence-corrected chi connectivity index (χ0v) is 16.3. The summed E-state index contributed by atoms with van der Waals surface area (Å²) in [4.78, 5) is 12.7. The Kier molecular flexibility index (Phi) is 4.09. The second kappa shape index (κ2) is 6.78. The van der Waals surface area contributed by atoms with Gasteiger partial charge in [0.15, 0.2) is 0 Å². The first-order chi connectivity index (χ1) is 14.2. The number of fused-ring (bicyclic) bond motifs is 2. The molecule has 0 aliphatic carbocycles. The molecule has 5 rings (SSSR count). The van der Waals surface area contributed by atoms with Crippen molar-refractivity contribution in [3.8, 4) is 11.4 Å². The minimum absolute atomic E-state index is 0.00472. The number of rotatable bonds is 3. The van der Waals surface area contributed by atoms with Crippen LogP contribution in [0.1, 0.15) is 29.2 Å². The quantitative estimate of drug-likeness (QED) is 0.552. The summed E-state index contributed by atoms with van der Waals surface area (Å²) in [5.74, 6) is 1.51. The summed E-state index contributed by atoms with van der Waals surface area (Å²) in [5.41, 5.74) is 4.05. The van der Waals surface area contributed by atoms with Crippen molar-refractivity contribution in [2.45, 2.75) is 19.3 Å². The molecule has 1 amide bonds. The molecule has 0 radical (unpaired) electrons. The first-order valence-electron chi connectivity index (χ1n) is 9.67. The number of nitrogens with one attached hydrogen (secondary N) is 1. The molecule has 29 heavy (non-hydrogen) atoms. The number of carbonyl (C=O) groups is 1. The number of nitrogens with zero attached hydrogens (tertiary/aromatic N) is 2. The van der Waals surface area contributed by atoms with Crippen LogP contribution in [-0.4, -0.2) is 22.8 Å². The van der Waals surface area contributed by atoms with Crippen molar-refractivity contribution in [1.82, 2.24) is 9.78 Å². The van der Waals surface area contributed by atoms with E-state index in [1.807, 2.05) is 48.0 Å². The number of aryl methyl sites for hydroxylation is 1. The average Bonchev–Trinajstić information content (AvgIpc) is 3.09. The van der Waals surface area contributed by atoms with Gasteiger partial charge in [0, 0.05) is 17.9 Å². The van der Waals surface area contributed by atoms with Crippen LogP contribution < -0.4 is 10.1 Å². The number of hydrogen-bond acceptors (Lipinski definition) is 3. The summed E-state index contributed by atoms with van der Waals surface area (Å²) in [6, 6.07) is 22.3. The summed E-state index contributed by atoms with van der Waals surface area (Å²) in [5, 5.41) is 10.2.